The number of phenolic OH excluding ortho intramolecular Hbond substituents is 1. The van der Waals surface area contributed by atoms with Gasteiger partial charge >= 0.3 is 0 Å². The average Bonchev–Trinajstić information content (AvgIpc) is 2.91. The predicted molar refractivity (Wildman–Crippen MR) is 148 cm³/mol. The first-order chi connectivity index (χ1) is 19.4. The van der Waals surface area contributed by atoms with Gasteiger partial charge in [0.15, 0.2) is 34.7 Å². The molecule has 10 nitrogen and oxygen atoms in total. The number of nitrogens with two attached hydrogens (primary N) is 1. The van der Waals surface area contributed by atoms with E-state index in [0.717, 1.165) is 43.4 Å². The molecule has 0 radical (unpaired) electrons. The number of aromatic hydroxyl groups is 1. The summed E-state index contributed by atoms with van der Waals surface area (Å²) in [5.41, 5.74) is 4.28. The number of aliphatic hydroxyl groups is 1. The molecule has 1 aliphatic heterocycles. The van der Waals surface area contributed by atoms with Crippen LogP contribution in [-0.2, 0) is 32.1 Å². The minimum absolute atomic E-state index is 0.0271. The number of carbonyl (C=O) groups is 5. The highest BCUT2D eigenvalue weighted by molar-refractivity contribution is 6.32. The van der Waals surface area contributed by atoms with Gasteiger partial charge in [-0.25, -0.2) is 0 Å². The molecule has 4 N–H and O–H groups in total. The number of carbonyl (C=O) groups excluding carboxylic acids is 5. The fraction of sp³-hybridized carbons (Fsp3) is 0.516. The Kier molecular flexibility index (Phi) is 6.63. The molecule has 1 heterocycles. The summed E-state index contributed by atoms with van der Waals surface area (Å²) in [7, 11) is 3.14. The molecule has 1 amide bonds. The molecule has 10 heteroatoms. The van der Waals surface area contributed by atoms with Crippen LogP contribution in [0.3, 0.4) is 0 Å². The number of phenols is 1. The second-order valence-corrected chi connectivity index (χ2v) is 12.4. The molecule has 1 saturated heterocycles. The number of primary amides is 1. The van der Waals surface area contributed by atoms with Crippen molar-refractivity contribution < 1.29 is 34.2 Å². The van der Waals surface area contributed by atoms with Crippen LogP contribution in [0.2, 0.25) is 0 Å². The number of hydrogen-bond donors (Lipinski definition) is 3. The van der Waals surface area contributed by atoms with Crippen LogP contribution in [0.25, 0.3) is 10.8 Å². The third-order valence-corrected chi connectivity index (χ3v) is 9.78. The Morgan fingerprint density at radius 3 is 2.44 bits per heavy atom. The lowest BCUT2D eigenvalue weighted by molar-refractivity contribution is -0.181. The molecule has 6 atom stereocenters. The van der Waals surface area contributed by atoms with Crippen molar-refractivity contribution in [1.82, 2.24) is 9.80 Å². The van der Waals surface area contributed by atoms with Gasteiger partial charge in [0.2, 0.25) is 5.91 Å². The monoisotopic (exact) mass is 561 g/mol. The molecule has 3 fully saturated rings. The lowest BCUT2D eigenvalue weighted by Crippen LogP contribution is -2.74. The Labute approximate surface area is 237 Å². The summed E-state index contributed by atoms with van der Waals surface area (Å²) in [4.78, 5) is 70.5. The van der Waals surface area contributed by atoms with Gasteiger partial charge < -0.3 is 15.9 Å². The maximum absolute atomic E-state index is 14.0. The Morgan fingerprint density at radius 1 is 1.07 bits per heavy atom. The number of rotatable bonds is 4. The van der Waals surface area contributed by atoms with E-state index in [4.69, 9.17) is 5.73 Å². The fourth-order valence-electron chi connectivity index (χ4n) is 7.89. The summed E-state index contributed by atoms with van der Waals surface area (Å²) < 4.78 is 0. The zero-order valence-electron chi connectivity index (χ0n) is 23.3. The van der Waals surface area contributed by atoms with E-state index < -0.39 is 64.4 Å². The van der Waals surface area contributed by atoms with Gasteiger partial charge in [0.05, 0.1) is 17.5 Å². The van der Waals surface area contributed by atoms with E-state index in [1.165, 1.54) is 11.3 Å². The zero-order valence-corrected chi connectivity index (χ0v) is 23.3. The standard InChI is InChI=1S/C31H35N3O7/c1-33(2)24-20-13-18-12-17-11-16-7-6-15(14-34-8-4-3-5-9-34)10-19(16)25(35)21(17)26(36)22(18)28(38)31(20,41)29(39)23(27(24)37)30(32)40/h6-7,10-11,18,20,22-24,35,41H,3-5,8-9,12-14H2,1-2H3,(H2,32,40)/t18-,20-,22?,23?,24-,31-/m0/s1. The smallest absolute Gasteiger partial charge is 0.235 e. The molecule has 0 spiro atoms. The van der Waals surface area contributed by atoms with Crippen molar-refractivity contribution in [3.8, 4) is 5.75 Å². The van der Waals surface area contributed by atoms with E-state index in [1.54, 1.807) is 14.1 Å². The number of benzene rings is 2. The van der Waals surface area contributed by atoms with Gasteiger partial charge in [-0.15, -0.1) is 0 Å². The molecular weight excluding hydrogens is 526 g/mol. The van der Waals surface area contributed by atoms with Gasteiger partial charge in [0.25, 0.3) is 0 Å². The van der Waals surface area contributed by atoms with Crippen LogP contribution in [0.15, 0.2) is 24.3 Å². The topological polar surface area (TPSA) is 158 Å². The highest BCUT2D eigenvalue weighted by Crippen LogP contribution is 2.51. The van der Waals surface area contributed by atoms with E-state index in [2.05, 4.69) is 4.90 Å². The quantitative estimate of drug-likeness (QED) is 0.463. The molecule has 2 aromatic rings. The van der Waals surface area contributed by atoms with Crippen molar-refractivity contribution in [3.05, 3.63) is 41.0 Å². The Morgan fingerprint density at radius 2 is 1.78 bits per heavy atom. The van der Waals surface area contributed by atoms with Gasteiger partial charge in [0.1, 0.15) is 5.75 Å². The first kappa shape index (κ1) is 27.7. The minimum Gasteiger partial charge on any atom is -0.507 e. The second kappa shape index (κ2) is 9.82. The molecule has 6 rings (SSSR count). The summed E-state index contributed by atoms with van der Waals surface area (Å²) in [5, 5.41) is 24.4. The third-order valence-electron chi connectivity index (χ3n) is 9.78. The first-order valence-electron chi connectivity index (χ1n) is 14.3. The van der Waals surface area contributed by atoms with Gasteiger partial charge in [0, 0.05) is 17.8 Å². The van der Waals surface area contributed by atoms with E-state index in [-0.39, 0.29) is 24.2 Å². The van der Waals surface area contributed by atoms with Gasteiger partial charge in [-0.3, -0.25) is 33.8 Å². The summed E-state index contributed by atoms with van der Waals surface area (Å²) in [6, 6.07) is 6.58. The largest absolute Gasteiger partial charge is 0.507 e. The van der Waals surface area contributed by atoms with Crippen LogP contribution in [0, 0.1) is 23.7 Å². The number of Topliss-reactive ketones (excluding diaryl/α,β-unsaturated/α-hetero) is 4. The molecule has 2 saturated carbocycles. The number of nitrogens with zero attached hydrogens (tertiary/aromatic N) is 2. The molecule has 2 aromatic carbocycles. The van der Waals surface area contributed by atoms with Crippen molar-refractivity contribution in [2.24, 2.45) is 29.4 Å². The maximum atomic E-state index is 14.0. The zero-order chi connectivity index (χ0) is 29.4. The number of piperidine rings is 1. The van der Waals surface area contributed by atoms with E-state index in [1.807, 2.05) is 24.3 Å². The van der Waals surface area contributed by atoms with Crippen molar-refractivity contribution in [1.29, 1.82) is 0 Å². The highest BCUT2D eigenvalue weighted by Gasteiger charge is 2.69. The maximum Gasteiger partial charge on any atom is 0.235 e. The van der Waals surface area contributed by atoms with E-state index in [9.17, 15) is 34.2 Å². The lowest BCUT2D eigenvalue weighted by atomic mass is 9.52. The van der Waals surface area contributed by atoms with E-state index in [0.29, 0.717) is 10.9 Å². The average molecular weight is 562 g/mol. The number of fused-ring (bicyclic) bond motifs is 4. The fourth-order valence-corrected chi connectivity index (χ4v) is 7.89. The number of hydrogen-bond acceptors (Lipinski definition) is 9. The van der Waals surface area contributed by atoms with Gasteiger partial charge in [-0.2, -0.15) is 0 Å². The summed E-state index contributed by atoms with van der Waals surface area (Å²) in [5.74, 6) is -10.2. The predicted octanol–water partition coefficient (Wildman–Crippen LogP) is 1.01. The van der Waals surface area contributed by atoms with Crippen molar-refractivity contribution in [2.45, 2.75) is 50.3 Å². The molecule has 0 bridgehead atoms. The summed E-state index contributed by atoms with van der Waals surface area (Å²) in [6.45, 7) is 2.75. The summed E-state index contributed by atoms with van der Waals surface area (Å²) >= 11 is 0. The van der Waals surface area contributed by atoms with Crippen LogP contribution in [0.1, 0.15) is 47.2 Å². The number of likely N-dealkylation sites (N-methyl/N-ethyl adjacent to an activating group) is 1. The Balaban J connectivity index is 1.41. The molecule has 4 aliphatic rings. The Hall–Kier alpha value is -3.47. The number of likely N-dealkylation sites (tertiary alicyclic amines) is 1. The van der Waals surface area contributed by atoms with Crippen LogP contribution in [0.5, 0.6) is 5.75 Å². The van der Waals surface area contributed by atoms with Crippen LogP contribution in [0.4, 0.5) is 0 Å². The van der Waals surface area contributed by atoms with Crippen LogP contribution in [-0.4, -0.2) is 87.9 Å². The third kappa shape index (κ3) is 4.06. The van der Waals surface area contributed by atoms with Crippen LogP contribution >= 0.6 is 0 Å². The van der Waals surface area contributed by atoms with E-state index >= 15 is 0 Å². The van der Waals surface area contributed by atoms with Gasteiger partial charge in [-0.05, 0) is 81.4 Å². The second-order valence-electron chi connectivity index (χ2n) is 12.4. The molecule has 2 unspecified atom stereocenters. The molecule has 216 valence electrons. The van der Waals surface area contributed by atoms with Crippen molar-refractivity contribution in [2.75, 3.05) is 27.2 Å². The highest BCUT2D eigenvalue weighted by atomic mass is 16.3. The SMILES string of the molecule is CN(C)[C@@H]1C(=O)C(C(N)=O)C(=O)[C@@]2(O)C(=O)C3C(=O)c4c(cc5ccc(CN6CCCCC6)cc5c4O)C[C@H]3C[C@@H]12. The molecule has 0 aromatic heterocycles. The summed E-state index contributed by atoms with van der Waals surface area (Å²) in [6.07, 6.45) is 3.82. The molecular formula is C31H35N3O7. The number of ketones is 4. The normalized spacial score (nSPS) is 32.1. The minimum atomic E-state index is -2.72. The molecule has 3 aliphatic carbocycles. The van der Waals surface area contributed by atoms with Crippen molar-refractivity contribution in [3.63, 3.8) is 0 Å². The Bertz CT molecular complexity index is 1510. The van der Waals surface area contributed by atoms with Crippen LogP contribution < -0.4 is 5.73 Å². The lowest BCUT2D eigenvalue weighted by Gasteiger charge is -2.52. The first-order valence-corrected chi connectivity index (χ1v) is 14.3. The van der Waals surface area contributed by atoms with Crippen molar-refractivity contribution >= 4 is 39.8 Å². The molecule has 41 heavy (non-hydrogen) atoms. The van der Waals surface area contributed by atoms with Gasteiger partial charge in [-0.1, -0.05) is 24.6 Å². The number of amides is 1.